The lowest BCUT2D eigenvalue weighted by Gasteiger charge is -2.08. The molecule has 0 aromatic heterocycles. The fourth-order valence-electron chi connectivity index (χ4n) is 5.59. The van der Waals surface area contributed by atoms with E-state index in [1.54, 1.807) is 0 Å². The van der Waals surface area contributed by atoms with Gasteiger partial charge in [-0.1, -0.05) is 168 Å². The van der Waals surface area contributed by atoms with Crippen LogP contribution in [0.15, 0.2) is 11.1 Å². The van der Waals surface area contributed by atoms with E-state index in [0.29, 0.717) is 12.8 Å². The van der Waals surface area contributed by atoms with Gasteiger partial charge in [-0.2, -0.15) is 0 Å². The Morgan fingerprint density at radius 3 is 0.714 bits per heavy atom. The molecule has 0 saturated heterocycles. The molecule has 0 fully saturated rings. The zero-order valence-corrected chi connectivity index (χ0v) is 27.3. The van der Waals surface area contributed by atoms with Crippen LogP contribution in [-0.4, -0.2) is 33.7 Å². The smallest absolute Gasteiger partial charge is 0.340 e. The van der Waals surface area contributed by atoms with Gasteiger partial charge < -0.3 is 10.2 Å². The van der Waals surface area contributed by atoms with Gasteiger partial charge in [-0.3, -0.25) is 9.59 Å². The summed E-state index contributed by atoms with van der Waals surface area (Å²) < 4.78 is 0. The molecule has 42 heavy (non-hydrogen) atoms. The van der Waals surface area contributed by atoms with Gasteiger partial charge in [0.25, 0.3) is 0 Å². The third-order valence-electron chi connectivity index (χ3n) is 8.25. The summed E-state index contributed by atoms with van der Waals surface area (Å²) >= 11 is 0. The largest absolute Gasteiger partial charge is 0.478 e. The number of carboxylic acid groups (broad SMARTS) is 2. The molecular weight excluding hydrogens is 528 g/mol. The van der Waals surface area contributed by atoms with Crippen LogP contribution >= 0.6 is 0 Å². The number of carbonyl (C=O) groups excluding carboxylic acids is 2. The van der Waals surface area contributed by atoms with Crippen molar-refractivity contribution in [2.45, 2.75) is 194 Å². The van der Waals surface area contributed by atoms with Crippen molar-refractivity contribution >= 4 is 23.5 Å². The number of rotatable bonds is 32. The second kappa shape index (κ2) is 29.1. The van der Waals surface area contributed by atoms with Crippen LogP contribution in [0.5, 0.6) is 0 Å². The molecule has 0 amide bonds. The number of carboxylic acids is 2. The molecule has 0 spiro atoms. The normalized spacial score (nSPS) is 11.9. The first-order valence-electron chi connectivity index (χ1n) is 17.6. The Morgan fingerprint density at radius 1 is 0.333 bits per heavy atom. The summed E-state index contributed by atoms with van der Waals surface area (Å²) in [7, 11) is 0. The summed E-state index contributed by atoms with van der Waals surface area (Å²) in [6, 6.07) is 0. The van der Waals surface area contributed by atoms with E-state index in [-0.39, 0.29) is 12.8 Å². The molecule has 0 heterocycles. The molecule has 0 aliphatic rings. The highest BCUT2D eigenvalue weighted by atomic mass is 16.4. The van der Waals surface area contributed by atoms with E-state index in [9.17, 15) is 29.4 Å². The van der Waals surface area contributed by atoms with Crippen LogP contribution in [-0.2, 0) is 19.2 Å². The van der Waals surface area contributed by atoms with Crippen LogP contribution in [0.4, 0.5) is 0 Å². The molecule has 0 bridgehead atoms. The Morgan fingerprint density at radius 2 is 0.524 bits per heavy atom. The zero-order chi connectivity index (χ0) is 31.3. The number of unbranched alkanes of at least 4 members (excludes halogenated alkanes) is 24. The Labute approximate surface area is 257 Å². The first-order valence-corrected chi connectivity index (χ1v) is 17.6. The van der Waals surface area contributed by atoms with E-state index in [0.717, 1.165) is 38.5 Å². The highest BCUT2D eigenvalue weighted by molar-refractivity contribution is 6.30. The van der Waals surface area contributed by atoms with Gasteiger partial charge in [0, 0.05) is 12.8 Å². The van der Waals surface area contributed by atoms with Crippen LogP contribution in [0.1, 0.15) is 194 Å². The molecule has 0 atom stereocenters. The monoisotopic (exact) mass is 592 g/mol. The Kier molecular flexibility index (Phi) is 27.7. The molecule has 0 unspecified atom stereocenters. The predicted octanol–water partition coefficient (Wildman–Crippen LogP) is 10.6. The average molecular weight is 593 g/mol. The predicted molar refractivity (Wildman–Crippen MR) is 173 cm³/mol. The van der Waals surface area contributed by atoms with E-state index in [4.69, 9.17) is 0 Å². The third-order valence-corrected chi connectivity index (χ3v) is 8.25. The summed E-state index contributed by atoms with van der Waals surface area (Å²) in [5.41, 5.74) is -1.69. The van der Waals surface area contributed by atoms with Crippen molar-refractivity contribution in [1.82, 2.24) is 0 Å². The topological polar surface area (TPSA) is 109 Å². The van der Waals surface area contributed by atoms with E-state index in [2.05, 4.69) is 13.8 Å². The average Bonchev–Trinajstić information content (AvgIpc) is 2.95. The summed E-state index contributed by atoms with van der Waals surface area (Å²) in [5, 5.41) is 19.2. The van der Waals surface area contributed by atoms with Crippen LogP contribution in [0.3, 0.4) is 0 Å². The van der Waals surface area contributed by atoms with E-state index in [1.165, 1.54) is 116 Å². The molecule has 0 aromatic carbocycles. The molecular formula is C36H64O6. The van der Waals surface area contributed by atoms with Gasteiger partial charge in [-0.15, -0.1) is 0 Å². The van der Waals surface area contributed by atoms with Crippen LogP contribution in [0.2, 0.25) is 0 Å². The van der Waals surface area contributed by atoms with Crippen molar-refractivity contribution in [3.05, 3.63) is 11.1 Å². The number of hydrogen-bond donors (Lipinski definition) is 2. The Bertz CT molecular complexity index is 692. The minimum absolute atomic E-state index is 0.0395. The van der Waals surface area contributed by atoms with Crippen LogP contribution < -0.4 is 0 Å². The fourth-order valence-corrected chi connectivity index (χ4v) is 5.59. The Balaban J connectivity index is 4.25. The van der Waals surface area contributed by atoms with Gasteiger partial charge >= 0.3 is 11.9 Å². The molecule has 0 aliphatic carbocycles. The molecule has 6 nitrogen and oxygen atoms in total. The van der Waals surface area contributed by atoms with E-state index >= 15 is 0 Å². The molecule has 0 rings (SSSR count). The summed E-state index contributed by atoms with van der Waals surface area (Å²) in [4.78, 5) is 49.0. The molecule has 0 aliphatic heterocycles. The molecule has 0 aromatic rings. The van der Waals surface area contributed by atoms with E-state index < -0.39 is 34.7 Å². The summed E-state index contributed by atoms with van der Waals surface area (Å²) in [6.07, 6.45) is 29.8. The van der Waals surface area contributed by atoms with Crippen LogP contribution in [0, 0.1) is 0 Å². The maximum Gasteiger partial charge on any atom is 0.340 e. The minimum Gasteiger partial charge on any atom is -0.478 e. The van der Waals surface area contributed by atoms with Gasteiger partial charge in [-0.05, 0) is 12.8 Å². The first-order chi connectivity index (χ1) is 20.4. The van der Waals surface area contributed by atoms with Gasteiger partial charge in [0.05, 0.1) is 0 Å². The first kappa shape index (κ1) is 40.0. The molecule has 244 valence electrons. The lowest BCUT2D eigenvalue weighted by Crippen LogP contribution is -2.23. The van der Waals surface area contributed by atoms with Crippen molar-refractivity contribution in [1.29, 1.82) is 0 Å². The van der Waals surface area contributed by atoms with Crippen LogP contribution in [0.25, 0.3) is 0 Å². The van der Waals surface area contributed by atoms with Gasteiger partial charge in [0.2, 0.25) is 0 Å². The number of carbonyl (C=O) groups is 4. The number of ketones is 2. The quantitative estimate of drug-likeness (QED) is 0.0348. The highest BCUT2D eigenvalue weighted by Gasteiger charge is 2.30. The molecule has 2 N–H and O–H groups in total. The minimum atomic E-state index is -1.62. The second-order valence-corrected chi connectivity index (χ2v) is 12.2. The lowest BCUT2D eigenvalue weighted by atomic mass is 9.94. The fraction of sp³-hybridized carbons (Fsp3) is 0.833. The number of hydrogen-bond acceptors (Lipinski definition) is 4. The summed E-state index contributed by atoms with van der Waals surface area (Å²) in [5.74, 6) is -4.74. The number of Topliss-reactive ketones (excluding diaryl/α,β-unsaturated/α-hetero) is 2. The van der Waals surface area contributed by atoms with Crippen molar-refractivity contribution in [2.24, 2.45) is 0 Å². The number of aliphatic carboxylic acids is 2. The van der Waals surface area contributed by atoms with Crippen molar-refractivity contribution < 1.29 is 29.4 Å². The van der Waals surface area contributed by atoms with Gasteiger partial charge in [0.15, 0.2) is 11.6 Å². The lowest BCUT2D eigenvalue weighted by molar-refractivity contribution is -0.139. The zero-order valence-electron chi connectivity index (χ0n) is 27.3. The molecule has 6 heteroatoms. The van der Waals surface area contributed by atoms with Crippen molar-refractivity contribution in [2.75, 3.05) is 0 Å². The van der Waals surface area contributed by atoms with Crippen molar-refractivity contribution in [3.63, 3.8) is 0 Å². The standard InChI is InChI=1S/C36H64O6/c1-3-5-7-9-11-13-15-17-19-21-23-25-27-29-31(37)33(35(39)40)34(36(41)42)32(38)30-28-26-24-22-20-18-16-14-12-10-8-6-4-2/h3-30H2,1-2H3,(H,39,40)(H,41,42)/b34-33-. The highest BCUT2D eigenvalue weighted by Crippen LogP contribution is 2.19. The second-order valence-electron chi connectivity index (χ2n) is 12.2. The molecule has 0 radical (unpaired) electrons. The maximum absolute atomic E-state index is 12.7. The van der Waals surface area contributed by atoms with E-state index in [1.807, 2.05) is 0 Å². The van der Waals surface area contributed by atoms with Gasteiger partial charge in [-0.25, -0.2) is 9.59 Å². The SMILES string of the molecule is CCCCCCCCCCCCCCCC(=O)/C(C(=O)O)=C(/C(=O)O)C(=O)CCCCCCCCCCCCCCC. The summed E-state index contributed by atoms with van der Waals surface area (Å²) in [6.45, 7) is 4.46. The van der Waals surface area contributed by atoms with Gasteiger partial charge in [0.1, 0.15) is 11.1 Å². The third kappa shape index (κ3) is 22.6. The molecule has 0 saturated carbocycles. The Hall–Kier alpha value is -1.98. The van der Waals surface area contributed by atoms with Crippen molar-refractivity contribution in [3.8, 4) is 0 Å². The maximum atomic E-state index is 12.7.